The molecule has 88 valence electrons. The number of hydrogen-bond donors (Lipinski definition) is 3. The van der Waals surface area contributed by atoms with Crippen LogP contribution in [0.2, 0.25) is 0 Å². The van der Waals surface area contributed by atoms with Crippen LogP contribution in [0.1, 0.15) is 30.1 Å². The minimum atomic E-state index is 0.189. The van der Waals surface area contributed by atoms with Crippen LogP contribution in [0, 0.1) is 0 Å². The van der Waals surface area contributed by atoms with Crippen molar-refractivity contribution < 1.29 is 0 Å². The number of hydrogen-bond acceptors (Lipinski definition) is 3. The van der Waals surface area contributed by atoms with Crippen molar-refractivity contribution in [2.75, 3.05) is 19.6 Å². The Morgan fingerprint density at radius 2 is 1.94 bits per heavy atom. The minimum absolute atomic E-state index is 0.189. The van der Waals surface area contributed by atoms with Crippen molar-refractivity contribution in [3.05, 3.63) is 21.6 Å². The zero-order valence-corrected chi connectivity index (χ0v) is 9.38. The molecule has 2 aliphatic rings. The monoisotopic (exact) mass is 222 g/mol. The molecule has 0 aromatic carbocycles. The molecule has 1 fully saturated rings. The maximum Gasteiger partial charge on any atom is 0.271 e. The molecule has 2 aliphatic heterocycles. The quantitative estimate of drug-likeness (QED) is 0.614. The lowest BCUT2D eigenvalue weighted by molar-refractivity contribution is 0.335. The van der Waals surface area contributed by atoms with Crippen LogP contribution in [0.4, 0.5) is 0 Å². The van der Waals surface area contributed by atoms with E-state index in [2.05, 4.69) is 15.7 Å². The Labute approximate surface area is 94.2 Å². The molecule has 3 rings (SSSR count). The molecule has 0 spiro atoms. The fraction of sp³-hybridized carbons (Fsp3) is 0.727. The predicted octanol–water partition coefficient (Wildman–Crippen LogP) is -0.253. The molecule has 1 saturated heterocycles. The minimum Gasteiger partial charge on any atom is -0.317 e. The van der Waals surface area contributed by atoms with Crippen molar-refractivity contribution in [1.29, 1.82) is 0 Å². The Morgan fingerprint density at radius 1 is 1.12 bits per heavy atom. The molecule has 0 unspecified atom stereocenters. The number of nitrogens with one attached hydrogen (secondary N) is 3. The highest BCUT2D eigenvalue weighted by Gasteiger charge is 2.22. The molecule has 16 heavy (non-hydrogen) atoms. The van der Waals surface area contributed by atoms with Gasteiger partial charge in [-0.05, 0) is 25.9 Å². The lowest BCUT2D eigenvalue weighted by Gasteiger charge is -2.22. The van der Waals surface area contributed by atoms with Gasteiger partial charge in [0, 0.05) is 25.2 Å². The van der Waals surface area contributed by atoms with Gasteiger partial charge in [-0.2, -0.15) is 0 Å². The van der Waals surface area contributed by atoms with Gasteiger partial charge in [-0.1, -0.05) is 0 Å². The van der Waals surface area contributed by atoms with Crippen LogP contribution in [0.5, 0.6) is 0 Å². The molecule has 5 nitrogen and oxygen atoms in total. The van der Waals surface area contributed by atoms with Gasteiger partial charge in [-0.3, -0.25) is 9.89 Å². The van der Waals surface area contributed by atoms with Crippen LogP contribution in [-0.2, 0) is 13.0 Å². The third-order valence-corrected chi connectivity index (χ3v) is 3.62. The van der Waals surface area contributed by atoms with E-state index in [0.717, 1.165) is 56.7 Å². The van der Waals surface area contributed by atoms with Crippen LogP contribution in [0.15, 0.2) is 4.79 Å². The number of H-pyrrole nitrogens is 1. The maximum absolute atomic E-state index is 12.2. The van der Waals surface area contributed by atoms with Crippen molar-refractivity contribution in [3.8, 4) is 0 Å². The average molecular weight is 222 g/mol. The number of rotatable bonds is 1. The van der Waals surface area contributed by atoms with Crippen molar-refractivity contribution >= 4 is 0 Å². The van der Waals surface area contributed by atoms with Crippen molar-refractivity contribution in [3.63, 3.8) is 0 Å². The highest BCUT2D eigenvalue weighted by atomic mass is 16.1. The van der Waals surface area contributed by atoms with E-state index >= 15 is 0 Å². The van der Waals surface area contributed by atoms with E-state index in [9.17, 15) is 4.79 Å². The molecule has 1 aromatic rings. The lowest BCUT2D eigenvalue weighted by Crippen LogP contribution is -2.34. The Kier molecular flexibility index (Phi) is 2.57. The van der Waals surface area contributed by atoms with Crippen molar-refractivity contribution in [1.82, 2.24) is 20.4 Å². The Balaban J connectivity index is 1.94. The first-order valence-electron chi connectivity index (χ1n) is 6.10. The van der Waals surface area contributed by atoms with Crippen LogP contribution in [0.3, 0.4) is 0 Å². The van der Waals surface area contributed by atoms with E-state index in [1.807, 2.05) is 4.68 Å². The van der Waals surface area contributed by atoms with E-state index in [1.54, 1.807) is 0 Å². The van der Waals surface area contributed by atoms with E-state index in [-0.39, 0.29) is 5.56 Å². The summed E-state index contributed by atoms with van der Waals surface area (Å²) in [6.07, 6.45) is 3.04. The average Bonchev–Trinajstić information content (AvgIpc) is 2.69. The van der Waals surface area contributed by atoms with Gasteiger partial charge in [-0.25, -0.2) is 4.68 Å². The summed E-state index contributed by atoms with van der Waals surface area (Å²) in [6, 6.07) is 0.361. The molecule has 1 aromatic heterocycles. The molecule has 0 amide bonds. The highest BCUT2D eigenvalue weighted by molar-refractivity contribution is 5.20. The van der Waals surface area contributed by atoms with Gasteiger partial charge in [0.2, 0.25) is 0 Å². The molecule has 0 bridgehead atoms. The first kappa shape index (κ1) is 10.1. The maximum atomic E-state index is 12.2. The normalized spacial score (nSPS) is 22.0. The predicted molar refractivity (Wildman–Crippen MR) is 61.6 cm³/mol. The molecule has 0 saturated carbocycles. The van der Waals surface area contributed by atoms with Crippen molar-refractivity contribution in [2.24, 2.45) is 0 Å². The summed E-state index contributed by atoms with van der Waals surface area (Å²) in [6.45, 7) is 3.72. The van der Waals surface area contributed by atoms with Gasteiger partial charge in [0.25, 0.3) is 5.56 Å². The largest absolute Gasteiger partial charge is 0.317 e. The third-order valence-electron chi connectivity index (χ3n) is 3.62. The number of aromatic nitrogens is 2. The Hall–Kier alpha value is -1.07. The number of piperidine rings is 1. The smallest absolute Gasteiger partial charge is 0.271 e. The summed E-state index contributed by atoms with van der Waals surface area (Å²) in [5.41, 5.74) is 2.28. The van der Waals surface area contributed by atoms with Crippen LogP contribution in [-0.4, -0.2) is 29.4 Å². The summed E-state index contributed by atoms with van der Waals surface area (Å²) < 4.78 is 1.86. The van der Waals surface area contributed by atoms with Gasteiger partial charge in [0.05, 0.1) is 11.6 Å². The fourth-order valence-corrected chi connectivity index (χ4v) is 2.68. The Bertz CT molecular complexity index is 428. The van der Waals surface area contributed by atoms with E-state index in [4.69, 9.17) is 0 Å². The van der Waals surface area contributed by atoms with Gasteiger partial charge < -0.3 is 10.6 Å². The zero-order chi connectivity index (χ0) is 11.0. The molecular formula is C11H18N4O. The van der Waals surface area contributed by atoms with Gasteiger partial charge in [0.15, 0.2) is 0 Å². The first-order valence-corrected chi connectivity index (χ1v) is 6.10. The molecular weight excluding hydrogens is 204 g/mol. The first-order chi connectivity index (χ1) is 7.86. The van der Waals surface area contributed by atoms with Crippen molar-refractivity contribution in [2.45, 2.75) is 31.8 Å². The topological polar surface area (TPSA) is 61.9 Å². The lowest BCUT2D eigenvalue weighted by atomic mass is 10.1. The standard InChI is InChI=1S/C11H18N4O/c16-11-9-7-13-6-3-10(9)14-15(11)8-1-4-12-5-2-8/h8,12-14H,1-7H2. The van der Waals surface area contributed by atoms with E-state index < -0.39 is 0 Å². The highest BCUT2D eigenvalue weighted by Crippen LogP contribution is 2.17. The molecule has 0 radical (unpaired) electrons. The SMILES string of the molecule is O=c1c2c([nH]n1C1CCNCC1)CCNC2. The summed E-state index contributed by atoms with van der Waals surface area (Å²) >= 11 is 0. The second-order valence-corrected chi connectivity index (χ2v) is 4.65. The van der Waals surface area contributed by atoms with Gasteiger partial charge in [0.1, 0.15) is 0 Å². The van der Waals surface area contributed by atoms with E-state index in [1.165, 1.54) is 0 Å². The zero-order valence-electron chi connectivity index (χ0n) is 9.38. The van der Waals surface area contributed by atoms with Gasteiger partial charge >= 0.3 is 0 Å². The fourth-order valence-electron chi connectivity index (χ4n) is 2.68. The molecule has 0 aliphatic carbocycles. The second kappa shape index (κ2) is 4.07. The number of nitrogens with zero attached hydrogens (tertiary/aromatic N) is 1. The van der Waals surface area contributed by atoms with Crippen LogP contribution < -0.4 is 16.2 Å². The molecule has 3 N–H and O–H groups in total. The number of aromatic amines is 1. The van der Waals surface area contributed by atoms with Crippen LogP contribution in [0.25, 0.3) is 0 Å². The summed E-state index contributed by atoms with van der Waals surface area (Å²) in [5.74, 6) is 0. The molecule has 3 heterocycles. The number of fused-ring (bicyclic) bond motifs is 1. The Morgan fingerprint density at radius 3 is 2.69 bits per heavy atom. The summed E-state index contributed by atoms with van der Waals surface area (Å²) in [4.78, 5) is 12.2. The van der Waals surface area contributed by atoms with Gasteiger partial charge in [-0.15, -0.1) is 0 Å². The van der Waals surface area contributed by atoms with Crippen LogP contribution >= 0.6 is 0 Å². The summed E-state index contributed by atoms with van der Waals surface area (Å²) in [5, 5.41) is 9.88. The third kappa shape index (κ3) is 1.60. The summed E-state index contributed by atoms with van der Waals surface area (Å²) in [7, 11) is 0. The molecule has 5 heteroatoms. The second-order valence-electron chi connectivity index (χ2n) is 4.65. The molecule has 0 atom stereocenters. The van der Waals surface area contributed by atoms with E-state index in [0.29, 0.717) is 6.04 Å².